The van der Waals surface area contributed by atoms with Crippen LogP contribution in [-0.2, 0) is 6.54 Å². The van der Waals surface area contributed by atoms with Gasteiger partial charge in [0.1, 0.15) is 0 Å². The molecule has 1 fully saturated rings. The van der Waals surface area contributed by atoms with E-state index in [2.05, 4.69) is 5.32 Å². The summed E-state index contributed by atoms with van der Waals surface area (Å²) in [6.07, 6.45) is 2.46. The Bertz CT molecular complexity index is 388. The van der Waals surface area contributed by atoms with Gasteiger partial charge >= 0.3 is 0 Å². The van der Waals surface area contributed by atoms with Gasteiger partial charge in [-0.05, 0) is 36.6 Å². The summed E-state index contributed by atoms with van der Waals surface area (Å²) in [5.41, 5.74) is 6.64. The molecule has 0 saturated heterocycles. The minimum Gasteiger partial charge on any atom is -0.366 e. The van der Waals surface area contributed by atoms with Crippen molar-refractivity contribution in [2.75, 3.05) is 0 Å². The molecule has 4 heteroatoms. The van der Waals surface area contributed by atoms with E-state index < -0.39 is 5.91 Å². The van der Waals surface area contributed by atoms with Crippen LogP contribution in [0.4, 0.5) is 0 Å². The van der Waals surface area contributed by atoms with Crippen LogP contribution in [0, 0.1) is 0 Å². The Morgan fingerprint density at radius 1 is 1.53 bits per heavy atom. The smallest absolute Gasteiger partial charge is 0.248 e. The molecule has 0 aliphatic heterocycles. The zero-order valence-corrected chi connectivity index (χ0v) is 9.05. The SMILES string of the molecule is NC(=O)c1ccc(Cl)c(CNC2CC2)c1. The molecule has 1 amide bonds. The summed E-state index contributed by atoms with van der Waals surface area (Å²) in [5, 5.41) is 4.02. The molecule has 80 valence electrons. The lowest BCUT2D eigenvalue weighted by atomic mass is 10.1. The van der Waals surface area contributed by atoms with Crippen molar-refractivity contribution < 1.29 is 4.79 Å². The molecule has 15 heavy (non-hydrogen) atoms. The number of rotatable bonds is 4. The Kier molecular flexibility index (Phi) is 2.93. The predicted molar refractivity (Wildman–Crippen MR) is 59.8 cm³/mol. The van der Waals surface area contributed by atoms with Crippen LogP contribution >= 0.6 is 11.6 Å². The van der Waals surface area contributed by atoms with Crippen LogP contribution in [0.1, 0.15) is 28.8 Å². The maximum Gasteiger partial charge on any atom is 0.248 e. The largest absolute Gasteiger partial charge is 0.366 e. The highest BCUT2D eigenvalue weighted by molar-refractivity contribution is 6.31. The minimum atomic E-state index is -0.417. The van der Waals surface area contributed by atoms with Crippen LogP contribution in [-0.4, -0.2) is 11.9 Å². The first kappa shape index (κ1) is 10.5. The molecule has 1 aromatic rings. The van der Waals surface area contributed by atoms with E-state index >= 15 is 0 Å². The summed E-state index contributed by atoms with van der Waals surface area (Å²) in [6, 6.07) is 5.73. The second-order valence-corrected chi connectivity index (χ2v) is 4.23. The molecule has 3 N–H and O–H groups in total. The van der Waals surface area contributed by atoms with Gasteiger partial charge in [-0.1, -0.05) is 11.6 Å². The predicted octanol–water partition coefficient (Wildman–Crippen LogP) is 1.69. The van der Waals surface area contributed by atoms with Crippen LogP contribution in [0.15, 0.2) is 18.2 Å². The van der Waals surface area contributed by atoms with Crippen molar-refractivity contribution in [1.29, 1.82) is 0 Å². The van der Waals surface area contributed by atoms with E-state index in [1.165, 1.54) is 12.8 Å². The van der Waals surface area contributed by atoms with Crippen molar-refractivity contribution in [2.24, 2.45) is 5.73 Å². The van der Waals surface area contributed by atoms with Crippen LogP contribution in [0.5, 0.6) is 0 Å². The van der Waals surface area contributed by atoms with E-state index in [0.717, 1.165) is 5.56 Å². The summed E-state index contributed by atoms with van der Waals surface area (Å²) in [4.78, 5) is 11.0. The number of hydrogen-bond donors (Lipinski definition) is 2. The zero-order valence-electron chi connectivity index (χ0n) is 8.29. The molecular formula is C11H13ClN2O. The van der Waals surface area contributed by atoms with Crippen molar-refractivity contribution in [3.63, 3.8) is 0 Å². The first-order chi connectivity index (χ1) is 7.16. The van der Waals surface area contributed by atoms with Crippen molar-refractivity contribution in [1.82, 2.24) is 5.32 Å². The number of carbonyl (C=O) groups is 1. The number of hydrogen-bond acceptors (Lipinski definition) is 2. The second kappa shape index (κ2) is 4.21. The molecule has 1 aromatic carbocycles. The van der Waals surface area contributed by atoms with Crippen molar-refractivity contribution in [3.8, 4) is 0 Å². The van der Waals surface area contributed by atoms with E-state index in [9.17, 15) is 4.79 Å². The van der Waals surface area contributed by atoms with Gasteiger partial charge in [-0.2, -0.15) is 0 Å². The lowest BCUT2D eigenvalue weighted by molar-refractivity contribution is 0.1000. The summed E-state index contributed by atoms with van der Waals surface area (Å²) in [5.74, 6) is -0.417. The molecule has 0 radical (unpaired) electrons. The highest BCUT2D eigenvalue weighted by Crippen LogP contribution is 2.22. The fourth-order valence-corrected chi connectivity index (χ4v) is 1.59. The lowest BCUT2D eigenvalue weighted by Gasteiger charge is -2.06. The Balaban J connectivity index is 2.12. The zero-order chi connectivity index (χ0) is 10.8. The average molecular weight is 225 g/mol. The molecule has 0 atom stereocenters. The molecular weight excluding hydrogens is 212 g/mol. The molecule has 1 aliphatic rings. The molecule has 0 heterocycles. The van der Waals surface area contributed by atoms with E-state index in [-0.39, 0.29) is 0 Å². The van der Waals surface area contributed by atoms with Gasteiger partial charge in [0.25, 0.3) is 0 Å². The van der Waals surface area contributed by atoms with Crippen LogP contribution in [0.2, 0.25) is 5.02 Å². The monoisotopic (exact) mass is 224 g/mol. The number of primary amides is 1. The molecule has 0 spiro atoms. The van der Waals surface area contributed by atoms with Gasteiger partial charge in [0.15, 0.2) is 0 Å². The molecule has 0 bridgehead atoms. The van der Waals surface area contributed by atoms with Gasteiger partial charge in [0.05, 0.1) is 0 Å². The molecule has 1 aliphatic carbocycles. The van der Waals surface area contributed by atoms with Crippen molar-refractivity contribution in [3.05, 3.63) is 34.3 Å². The van der Waals surface area contributed by atoms with Gasteiger partial charge < -0.3 is 11.1 Å². The van der Waals surface area contributed by atoms with E-state index in [1.807, 2.05) is 0 Å². The topological polar surface area (TPSA) is 55.1 Å². The standard InChI is InChI=1S/C11H13ClN2O/c12-10-4-1-7(11(13)15)5-8(10)6-14-9-2-3-9/h1,4-5,9,14H,2-3,6H2,(H2,13,15). The third kappa shape index (κ3) is 2.70. The fourth-order valence-electron chi connectivity index (χ4n) is 1.41. The number of amides is 1. The van der Waals surface area contributed by atoms with Gasteiger partial charge in [0, 0.05) is 23.2 Å². The van der Waals surface area contributed by atoms with E-state index in [4.69, 9.17) is 17.3 Å². The molecule has 2 rings (SSSR count). The first-order valence-corrected chi connectivity index (χ1v) is 5.36. The van der Waals surface area contributed by atoms with Crippen LogP contribution < -0.4 is 11.1 Å². The van der Waals surface area contributed by atoms with Crippen LogP contribution in [0.25, 0.3) is 0 Å². The number of halogens is 1. The molecule has 0 aromatic heterocycles. The summed E-state index contributed by atoms with van der Waals surface area (Å²) in [7, 11) is 0. The third-order valence-electron chi connectivity index (χ3n) is 2.49. The van der Waals surface area contributed by atoms with E-state index in [1.54, 1.807) is 18.2 Å². The lowest BCUT2D eigenvalue weighted by Crippen LogP contribution is -2.17. The minimum absolute atomic E-state index is 0.417. The van der Waals surface area contributed by atoms with E-state index in [0.29, 0.717) is 23.2 Å². The Labute approximate surface area is 93.6 Å². The van der Waals surface area contributed by atoms with Gasteiger partial charge in [-0.15, -0.1) is 0 Å². The van der Waals surface area contributed by atoms with Crippen LogP contribution in [0.3, 0.4) is 0 Å². The Morgan fingerprint density at radius 2 is 2.27 bits per heavy atom. The molecule has 1 saturated carbocycles. The summed E-state index contributed by atoms with van der Waals surface area (Å²) < 4.78 is 0. The highest BCUT2D eigenvalue weighted by atomic mass is 35.5. The maximum atomic E-state index is 11.0. The first-order valence-electron chi connectivity index (χ1n) is 4.98. The number of nitrogens with one attached hydrogen (secondary N) is 1. The van der Waals surface area contributed by atoms with Gasteiger partial charge in [0.2, 0.25) is 5.91 Å². The second-order valence-electron chi connectivity index (χ2n) is 3.83. The quantitative estimate of drug-likeness (QED) is 0.818. The number of carbonyl (C=O) groups excluding carboxylic acids is 1. The number of benzene rings is 1. The fraction of sp³-hybridized carbons (Fsp3) is 0.364. The van der Waals surface area contributed by atoms with Gasteiger partial charge in [-0.3, -0.25) is 4.79 Å². The summed E-state index contributed by atoms with van der Waals surface area (Å²) >= 11 is 6.01. The number of nitrogens with two attached hydrogens (primary N) is 1. The molecule has 0 unspecified atom stereocenters. The maximum absolute atomic E-state index is 11.0. The van der Waals surface area contributed by atoms with Gasteiger partial charge in [-0.25, -0.2) is 0 Å². The molecule has 3 nitrogen and oxygen atoms in total. The Morgan fingerprint density at radius 3 is 2.87 bits per heavy atom. The van der Waals surface area contributed by atoms with Crippen molar-refractivity contribution >= 4 is 17.5 Å². The highest BCUT2D eigenvalue weighted by Gasteiger charge is 2.20. The normalized spacial score (nSPS) is 15.3. The summed E-state index contributed by atoms with van der Waals surface area (Å²) in [6.45, 7) is 0.699. The third-order valence-corrected chi connectivity index (χ3v) is 2.86. The Hall–Kier alpha value is -1.06. The average Bonchev–Trinajstić information content (AvgIpc) is 3.00. The van der Waals surface area contributed by atoms with Crippen molar-refractivity contribution in [2.45, 2.75) is 25.4 Å².